The van der Waals surface area contributed by atoms with E-state index in [-0.39, 0.29) is 18.0 Å². The summed E-state index contributed by atoms with van der Waals surface area (Å²) < 4.78 is 1.04. The smallest absolute Gasteiger partial charge is 0.278 e. The van der Waals surface area contributed by atoms with Crippen molar-refractivity contribution in [2.75, 3.05) is 29.9 Å². The van der Waals surface area contributed by atoms with Crippen LogP contribution in [-0.4, -0.2) is 56.3 Å². The van der Waals surface area contributed by atoms with Gasteiger partial charge in [-0.15, -0.1) is 5.10 Å². The molecule has 1 N–H and O–H groups in total. The second-order valence-corrected chi connectivity index (χ2v) is 8.28. The van der Waals surface area contributed by atoms with Gasteiger partial charge in [-0.05, 0) is 42.8 Å². The lowest BCUT2D eigenvalue weighted by Gasteiger charge is -2.26. The van der Waals surface area contributed by atoms with Crippen molar-refractivity contribution in [3.63, 3.8) is 0 Å². The molecule has 0 bridgehead atoms. The van der Waals surface area contributed by atoms with E-state index in [1.807, 2.05) is 23.6 Å². The third-order valence-corrected chi connectivity index (χ3v) is 5.91. The molecule has 8 nitrogen and oxygen atoms in total. The Morgan fingerprint density at radius 2 is 1.90 bits per heavy atom. The Morgan fingerprint density at radius 3 is 2.67 bits per heavy atom. The van der Waals surface area contributed by atoms with Gasteiger partial charge in [-0.2, -0.15) is 11.8 Å². The standard InChI is InChI=1S/C21H21N5O3S/c1-14-12-15(20(28)25-8-10-30-11-9-25)6-7-17(14)22-19(27)13-26-21(29)16-4-2-3-5-18(16)23-24-26/h2-7,12H,8-11,13H2,1H3,(H,22,27). The largest absolute Gasteiger partial charge is 0.337 e. The Morgan fingerprint density at radius 1 is 1.13 bits per heavy atom. The van der Waals surface area contributed by atoms with Gasteiger partial charge in [0.1, 0.15) is 12.1 Å². The first-order valence-corrected chi connectivity index (χ1v) is 10.8. The average molecular weight is 423 g/mol. The van der Waals surface area contributed by atoms with Crippen LogP contribution in [0.25, 0.3) is 10.9 Å². The van der Waals surface area contributed by atoms with Crippen LogP contribution >= 0.6 is 11.8 Å². The molecule has 0 atom stereocenters. The molecule has 9 heteroatoms. The second kappa shape index (κ2) is 8.66. The van der Waals surface area contributed by atoms with E-state index in [9.17, 15) is 14.4 Å². The van der Waals surface area contributed by atoms with E-state index in [1.165, 1.54) is 0 Å². The molecular weight excluding hydrogens is 402 g/mol. The minimum atomic E-state index is -0.392. The van der Waals surface area contributed by atoms with Gasteiger partial charge in [-0.3, -0.25) is 14.4 Å². The van der Waals surface area contributed by atoms with E-state index < -0.39 is 5.91 Å². The zero-order valence-electron chi connectivity index (χ0n) is 16.5. The molecule has 1 aliphatic heterocycles. The van der Waals surface area contributed by atoms with Crippen LogP contribution in [0.5, 0.6) is 0 Å². The van der Waals surface area contributed by atoms with Crippen molar-refractivity contribution >= 4 is 40.2 Å². The van der Waals surface area contributed by atoms with Gasteiger partial charge in [0.25, 0.3) is 11.5 Å². The summed E-state index contributed by atoms with van der Waals surface area (Å²) in [5.74, 6) is 1.53. The number of benzene rings is 2. The topological polar surface area (TPSA) is 97.2 Å². The SMILES string of the molecule is Cc1cc(C(=O)N2CCSCC2)ccc1NC(=O)Cn1nnc2ccccc2c1=O. The van der Waals surface area contributed by atoms with Gasteiger partial charge in [-0.1, -0.05) is 17.3 Å². The number of hydrogen-bond acceptors (Lipinski definition) is 6. The van der Waals surface area contributed by atoms with Crippen LogP contribution in [0.4, 0.5) is 5.69 Å². The molecule has 3 aromatic rings. The number of anilines is 1. The molecule has 30 heavy (non-hydrogen) atoms. The van der Waals surface area contributed by atoms with Gasteiger partial charge in [0.15, 0.2) is 0 Å². The molecule has 0 radical (unpaired) electrons. The first kappa shape index (κ1) is 20.1. The Labute approximate surface area is 177 Å². The lowest BCUT2D eigenvalue weighted by Crippen LogP contribution is -2.37. The molecule has 0 aliphatic carbocycles. The van der Waals surface area contributed by atoms with E-state index in [4.69, 9.17) is 0 Å². The maximum Gasteiger partial charge on any atom is 0.278 e. The molecule has 1 fully saturated rings. The third kappa shape index (κ3) is 4.20. The summed E-state index contributed by atoms with van der Waals surface area (Å²) in [5.41, 5.74) is 2.09. The molecule has 0 unspecified atom stereocenters. The maximum atomic E-state index is 12.6. The van der Waals surface area contributed by atoms with Crippen LogP contribution in [0.2, 0.25) is 0 Å². The molecule has 1 aliphatic rings. The van der Waals surface area contributed by atoms with Crippen LogP contribution in [0.15, 0.2) is 47.3 Å². The normalized spacial score (nSPS) is 14.0. The van der Waals surface area contributed by atoms with Crippen molar-refractivity contribution in [1.82, 2.24) is 19.9 Å². The molecule has 1 aromatic heterocycles. The van der Waals surface area contributed by atoms with Gasteiger partial charge in [0.2, 0.25) is 5.91 Å². The predicted molar refractivity (Wildman–Crippen MR) is 117 cm³/mol. The van der Waals surface area contributed by atoms with Gasteiger partial charge in [0.05, 0.1) is 5.39 Å². The first-order chi connectivity index (χ1) is 14.5. The molecule has 4 rings (SSSR count). The summed E-state index contributed by atoms with van der Waals surface area (Å²) in [7, 11) is 0. The quantitative estimate of drug-likeness (QED) is 0.689. The van der Waals surface area contributed by atoms with Crippen LogP contribution < -0.4 is 10.9 Å². The fourth-order valence-electron chi connectivity index (χ4n) is 3.34. The summed E-state index contributed by atoms with van der Waals surface area (Å²) >= 11 is 1.85. The third-order valence-electron chi connectivity index (χ3n) is 4.97. The number of amides is 2. The minimum Gasteiger partial charge on any atom is -0.337 e. The van der Waals surface area contributed by atoms with Crippen molar-refractivity contribution < 1.29 is 9.59 Å². The van der Waals surface area contributed by atoms with E-state index in [0.29, 0.717) is 22.2 Å². The number of fused-ring (bicyclic) bond motifs is 1. The van der Waals surface area contributed by atoms with Crippen LogP contribution in [-0.2, 0) is 11.3 Å². The molecule has 0 saturated carbocycles. The summed E-state index contributed by atoms with van der Waals surface area (Å²) in [5, 5.41) is 11.0. The van der Waals surface area contributed by atoms with Gasteiger partial charge in [-0.25, -0.2) is 4.68 Å². The molecule has 2 heterocycles. The monoisotopic (exact) mass is 423 g/mol. The predicted octanol–water partition coefficient (Wildman–Crippen LogP) is 1.93. The number of hydrogen-bond donors (Lipinski definition) is 1. The fourth-order valence-corrected chi connectivity index (χ4v) is 4.24. The maximum absolute atomic E-state index is 12.6. The van der Waals surface area contributed by atoms with Crippen LogP contribution in [0.3, 0.4) is 0 Å². The van der Waals surface area contributed by atoms with Gasteiger partial charge >= 0.3 is 0 Å². The molecular formula is C21H21N5O3S. The highest BCUT2D eigenvalue weighted by Gasteiger charge is 2.19. The number of nitrogens with one attached hydrogen (secondary N) is 1. The number of carbonyl (C=O) groups excluding carboxylic acids is 2. The van der Waals surface area contributed by atoms with Crippen molar-refractivity contribution in [1.29, 1.82) is 0 Å². The van der Waals surface area contributed by atoms with E-state index >= 15 is 0 Å². The van der Waals surface area contributed by atoms with Crippen LogP contribution in [0.1, 0.15) is 15.9 Å². The lowest BCUT2D eigenvalue weighted by atomic mass is 10.1. The highest BCUT2D eigenvalue weighted by atomic mass is 32.2. The number of thioether (sulfide) groups is 1. The number of carbonyl (C=O) groups is 2. The summed E-state index contributed by atoms with van der Waals surface area (Å²) in [4.78, 5) is 39.5. The lowest BCUT2D eigenvalue weighted by molar-refractivity contribution is -0.117. The average Bonchev–Trinajstić information content (AvgIpc) is 2.77. The Bertz CT molecular complexity index is 1170. The van der Waals surface area contributed by atoms with Gasteiger partial charge in [0, 0.05) is 35.8 Å². The van der Waals surface area contributed by atoms with E-state index in [2.05, 4.69) is 15.6 Å². The highest BCUT2D eigenvalue weighted by Crippen LogP contribution is 2.19. The number of aryl methyl sites for hydroxylation is 1. The first-order valence-electron chi connectivity index (χ1n) is 9.63. The van der Waals surface area contributed by atoms with Crippen molar-refractivity contribution in [3.05, 3.63) is 63.9 Å². The molecule has 154 valence electrons. The second-order valence-electron chi connectivity index (χ2n) is 7.05. The number of nitrogens with zero attached hydrogens (tertiary/aromatic N) is 4. The fraction of sp³-hybridized carbons (Fsp3) is 0.286. The number of rotatable bonds is 4. The molecule has 2 amide bonds. The highest BCUT2D eigenvalue weighted by molar-refractivity contribution is 7.99. The van der Waals surface area contributed by atoms with Crippen molar-refractivity contribution in [3.8, 4) is 0 Å². The summed E-state index contributed by atoms with van der Waals surface area (Å²) in [6.45, 7) is 3.09. The van der Waals surface area contributed by atoms with Crippen LogP contribution in [0, 0.1) is 6.92 Å². The van der Waals surface area contributed by atoms with E-state index in [1.54, 1.807) is 42.5 Å². The zero-order chi connectivity index (χ0) is 21.1. The van der Waals surface area contributed by atoms with Crippen molar-refractivity contribution in [2.45, 2.75) is 13.5 Å². The van der Waals surface area contributed by atoms with Crippen molar-refractivity contribution in [2.24, 2.45) is 0 Å². The Hall–Kier alpha value is -3.20. The molecule has 1 saturated heterocycles. The van der Waals surface area contributed by atoms with Gasteiger partial charge < -0.3 is 10.2 Å². The molecule has 2 aromatic carbocycles. The minimum absolute atomic E-state index is 0.00858. The number of aromatic nitrogens is 3. The Kier molecular flexibility index (Phi) is 5.80. The summed E-state index contributed by atoms with van der Waals surface area (Å²) in [6, 6.07) is 12.1. The zero-order valence-corrected chi connectivity index (χ0v) is 17.3. The molecule has 0 spiro atoms. The summed E-state index contributed by atoms with van der Waals surface area (Å²) in [6.07, 6.45) is 0. The van der Waals surface area contributed by atoms with E-state index in [0.717, 1.165) is 34.8 Å². The Balaban J connectivity index is 1.46.